The van der Waals surface area contributed by atoms with Crippen LogP contribution in [0.3, 0.4) is 0 Å². The van der Waals surface area contributed by atoms with Crippen molar-refractivity contribution in [2.45, 2.75) is 31.3 Å². The fourth-order valence-corrected chi connectivity index (χ4v) is 3.62. The second kappa shape index (κ2) is 7.32. The van der Waals surface area contributed by atoms with Crippen LogP contribution in [0.25, 0.3) is 0 Å². The number of rotatable bonds is 4. The molecule has 2 aromatic carbocycles. The van der Waals surface area contributed by atoms with Crippen molar-refractivity contribution < 1.29 is 14.3 Å². The molecule has 2 atom stereocenters. The number of carbonyl (C=O) groups is 1. The molecule has 1 aliphatic rings. The summed E-state index contributed by atoms with van der Waals surface area (Å²) in [5.74, 6) is -1.12. The van der Waals surface area contributed by atoms with Crippen LogP contribution in [0.2, 0.25) is 5.02 Å². The zero-order valence-electron chi connectivity index (χ0n) is 13.2. The second-order valence-electron chi connectivity index (χ2n) is 6.10. The van der Waals surface area contributed by atoms with Crippen LogP contribution in [0.4, 0.5) is 4.39 Å². The standard InChI is InChI=1S/C19H19ClFNO2/c20-15-5-3-4-14(12-15)18(13-7-9-16(21)10-8-13)22-11-2-1-6-17(22)19(23)24/h3-5,7-10,12,17-18H,1-2,6,11H2,(H,23,24). The van der Waals surface area contributed by atoms with Gasteiger partial charge in [0.25, 0.3) is 0 Å². The molecule has 3 rings (SSSR count). The molecule has 0 amide bonds. The summed E-state index contributed by atoms with van der Waals surface area (Å²) in [5.41, 5.74) is 1.79. The molecule has 2 aromatic rings. The first-order valence-corrected chi connectivity index (χ1v) is 8.43. The second-order valence-corrected chi connectivity index (χ2v) is 6.53. The van der Waals surface area contributed by atoms with E-state index in [1.807, 2.05) is 23.1 Å². The van der Waals surface area contributed by atoms with Crippen LogP contribution in [0.1, 0.15) is 36.4 Å². The zero-order valence-corrected chi connectivity index (χ0v) is 13.9. The highest BCUT2D eigenvalue weighted by Gasteiger charge is 2.35. The van der Waals surface area contributed by atoms with Gasteiger partial charge in [0, 0.05) is 5.02 Å². The lowest BCUT2D eigenvalue weighted by Crippen LogP contribution is -2.46. The fraction of sp³-hybridized carbons (Fsp3) is 0.316. The maximum Gasteiger partial charge on any atom is 0.320 e. The van der Waals surface area contributed by atoms with E-state index in [4.69, 9.17) is 11.6 Å². The lowest BCUT2D eigenvalue weighted by molar-refractivity contribution is -0.145. The molecule has 5 heteroatoms. The van der Waals surface area contributed by atoms with Gasteiger partial charge >= 0.3 is 5.97 Å². The largest absolute Gasteiger partial charge is 0.480 e. The van der Waals surface area contributed by atoms with Gasteiger partial charge in [0.15, 0.2) is 0 Å². The highest BCUT2D eigenvalue weighted by molar-refractivity contribution is 6.30. The minimum absolute atomic E-state index is 0.259. The number of benzene rings is 2. The van der Waals surface area contributed by atoms with E-state index >= 15 is 0 Å². The summed E-state index contributed by atoms with van der Waals surface area (Å²) in [5, 5.41) is 10.2. The topological polar surface area (TPSA) is 40.5 Å². The Kier molecular flexibility index (Phi) is 5.17. The van der Waals surface area contributed by atoms with Crippen molar-refractivity contribution in [1.82, 2.24) is 4.90 Å². The first kappa shape index (κ1) is 16.9. The monoisotopic (exact) mass is 347 g/mol. The Morgan fingerprint density at radius 1 is 1.17 bits per heavy atom. The molecule has 0 aliphatic carbocycles. The van der Waals surface area contributed by atoms with Crippen molar-refractivity contribution in [3.63, 3.8) is 0 Å². The van der Waals surface area contributed by atoms with Crippen LogP contribution >= 0.6 is 11.6 Å². The van der Waals surface area contributed by atoms with E-state index in [1.165, 1.54) is 12.1 Å². The fourth-order valence-electron chi connectivity index (χ4n) is 3.43. The average molecular weight is 348 g/mol. The summed E-state index contributed by atoms with van der Waals surface area (Å²) >= 11 is 6.14. The third-order valence-electron chi connectivity index (χ3n) is 4.51. The smallest absolute Gasteiger partial charge is 0.320 e. The molecule has 1 fully saturated rings. The van der Waals surface area contributed by atoms with Crippen LogP contribution in [-0.4, -0.2) is 28.6 Å². The number of hydrogen-bond acceptors (Lipinski definition) is 2. The Bertz CT molecular complexity index is 720. The van der Waals surface area contributed by atoms with E-state index < -0.39 is 12.0 Å². The Hall–Kier alpha value is -1.91. The summed E-state index contributed by atoms with van der Waals surface area (Å²) in [6, 6.07) is 12.9. The maximum atomic E-state index is 13.3. The average Bonchev–Trinajstić information content (AvgIpc) is 2.57. The summed E-state index contributed by atoms with van der Waals surface area (Å²) in [6.07, 6.45) is 2.47. The van der Waals surface area contributed by atoms with E-state index in [1.54, 1.807) is 18.2 Å². The lowest BCUT2D eigenvalue weighted by atomic mass is 9.92. The molecule has 126 valence electrons. The van der Waals surface area contributed by atoms with Crippen molar-refractivity contribution in [2.75, 3.05) is 6.54 Å². The van der Waals surface area contributed by atoms with E-state index in [0.29, 0.717) is 18.0 Å². The molecule has 0 spiro atoms. The van der Waals surface area contributed by atoms with E-state index in [0.717, 1.165) is 24.0 Å². The Labute approximate surface area is 145 Å². The van der Waals surface area contributed by atoms with Crippen molar-refractivity contribution in [2.24, 2.45) is 0 Å². The van der Waals surface area contributed by atoms with Crippen LogP contribution < -0.4 is 0 Å². The minimum Gasteiger partial charge on any atom is -0.480 e. The van der Waals surface area contributed by atoms with Gasteiger partial charge in [-0.15, -0.1) is 0 Å². The van der Waals surface area contributed by atoms with Gasteiger partial charge in [-0.2, -0.15) is 0 Å². The SMILES string of the molecule is O=C(O)C1CCCCN1C(c1ccc(F)cc1)c1cccc(Cl)c1. The maximum absolute atomic E-state index is 13.3. The quantitative estimate of drug-likeness (QED) is 0.884. The summed E-state index contributed by atoms with van der Waals surface area (Å²) in [7, 11) is 0. The summed E-state index contributed by atoms with van der Waals surface area (Å²) in [4.78, 5) is 13.7. The number of hydrogen-bond donors (Lipinski definition) is 1. The number of carboxylic acid groups (broad SMARTS) is 1. The highest BCUT2D eigenvalue weighted by atomic mass is 35.5. The van der Waals surface area contributed by atoms with Gasteiger partial charge < -0.3 is 5.11 Å². The van der Waals surface area contributed by atoms with E-state index in [-0.39, 0.29) is 11.9 Å². The predicted molar refractivity (Wildman–Crippen MR) is 91.7 cm³/mol. The van der Waals surface area contributed by atoms with Gasteiger partial charge in [0.05, 0.1) is 6.04 Å². The molecule has 0 aromatic heterocycles. The lowest BCUT2D eigenvalue weighted by Gasteiger charge is -2.39. The van der Waals surface area contributed by atoms with Crippen LogP contribution in [0.5, 0.6) is 0 Å². The third kappa shape index (κ3) is 3.60. The Morgan fingerprint density at radius 2 is 1.92 bits per heavy atom. The van der Waals surface area contributed by atoms with Crippen molar-refractivity contribution in [3.8, 4) is 0 Å². The molecule has 1 N–H and O–H groups in total. The van der Waals surface area contributed by atoms with Gasteiger partial charge in [-0.05, 0) is 54.8 Å². The molecule has 24 heavy (non-hydrogen) atoms. The van der Waals surface area contributed by atoms with Crippen LogP contribution in [-0.2, 0) is 4.79 Å². The molecule has 0 radical (unpaired) electrons. The molecule has 3 nitrogen and oxygen atoms in total. The highest BCUT2D eigenvalue weighted by Crippen LogP contribution is 2.35. The number of likely N-dealkylation sites (tertiary alicyclic amines) is 1. The number of carboxylic acids is 1. The Balaban J connectivity index is 2.07. The number of nitrogens with zero attached hydrogens (tertiary/aromatic N) is 1. The van der Waals surface area contributed by atoms with Gasteiger partial charge in [0.1, 0.15) is 11.9 Å². The van der Waals surface area contributed by atoms with E-state index in [2.05, 4.69) is 0 Å². The Morgan fingerprint density at radius 3 is 2.58 bits per heavy atom. The van der Waals surface area contributed by atoms with Crippen LogP contribution in [0, 0.1) is 5.82 Å². The molecular weight excluding hydrogens is 329 g/mol. The zero-order chi connectivity index (χ0) is 17.1. The number of aliphatic carboxylic acids is 1. The molecular formula is C19H19ClFNO2. The van der Waals surface area contributed by atoms with Crippen molar-refractivity contribution >= 4 is 17.6 Å². The molecule has 1 heterocycles. The summed E-state index contributed by atoms with van der Waals surface area (Å²) < 4.78 is 13.3. The van der Waals surface area contributed by atoms with Gasteiger partial charge in [-0.3, -0.25) is 9.69 Å². The third-order valence-corrected chi connectivity index (χ3v) is 4.75. The van der Waals surface area contributed by atoms with Gasteiger partial charge in [-0.1, -0.05) is 42.3 Å². The van der Waals surface area contributed by atoms with Crippen molar-refractivity contribution in [1.29, 1.82) is 0 Å². The number of halogens is 2. The predicted octanol–water partition coefficient (Wildman–Crippen LogP) is 4.51. The molecule has 2 unspecified atom stereocenters. The van der Waals surface area contributed by atoms with E-state index in [9.17, 15) is 14.3 Å². The molecule has 1 aliphatic heterocycles. The van der Waals surface area contributed by atoms with Gasteiger partial charge in [-0.25, -0.2) is 4.39 Å². The molecule has 1 saturated heterocycles. The number of piperidine rings is 1. The first-order valence-electron chi connectivity index (χ1n) is 8.06. The molecule has 0 bridgehead atoms. The minimum atomic E-state index is -0.816. The molecule has 0 saturated carbocycles. The first-order chi connectivity index (χ1) is 11.6. The van der Waals surface area contributed by atoms with Crippen LogP contribution in [0.15, 0.2) is 48.5 Å². The van der Waals surface area contributed by atoms with Gasteiger partial charge in [0.2, 0.25) is 0 Å². The summed E-state index contributed by atoms with van der Waals surface area (Å²) in [6.45, 7) is 0.686. The normalized spacial score (nSPS) is 19.8. The van der Waals surface area contributed by atoms with Crippen molar-refractivity contribution in [3.05, 3.63) is 70.5 Å².